The molecule has 0 bridgehead atoms. The van der Waals surface area contributed by atoms with Crippen LogP contribution in [-0.4, -0.2) is 20.7 Å². The van der Waals surface area contributed by atoms with Gasteiger partial charge in [-0.05, 0) is 43.7 Å². The van der Waals surface area contributed by atoms with Crippen LogP contribution in [0.5, 0.6) is 0 Å². The fraction of sp³-hybridized carbons (Fsp3) is 0.360. The van der Waals surface area contributed by atoms with Gasteiger partial charge >= 0.3 is 0 Å². The van der Waals surface area contributed by atoms with E-state index >= 15 is 0 Å². The molecule has 5 rings (SSSR count). The van der Waals surface area contributed by atoms with Crippen molar-refractivity contribution >= 4 is 5.78 Å². The minimum absolute atomic E-state index is 0.0129. The summed E-state index contributed by atoms with van der Waals surface area (Å²) in [5, 5.41) is 0. The zero-order valence-corrected chi connectivity index (χ0v) is 17.3. The van der Waals surface area contributed by atoms with Gasteiger partial charge in [0.05, 0.1) is 11.4 Å². The molecule has 2 aromatic heterocycles. The average molecular weight is 399 g/mol. The smallest absolute Gasteiger partial charge is 0.247 e. The van der Waals surface area contributed by atoms with Gasteiger partial charge in [-0.1, -0.05) is 37.3 Å². The molecule has 1 N–H and O–H groups in total. The maximum Gasteiger partial charge on any atom is 0.247 e. The van der Waals surface area contributed by atoms with Crippen molar-refractivity contribution in [3.63, 3.8) is 0 Å². The molecular weight excluding hydrogens is 374 g/mol. The quantitative estimate of drug-likeness (QED) is 0.707. The summed E-state index contributed by atoms with van der Waals surface area (Å²) in [5.41, 5.74) is 4.84. The molecule has 0 saturated heterocycles. The van der Waals surface area contributed by atoms with Gasteiger partial charge in [0.25, 0.3) is 0 Å². The normalized spacial score (nSPS) is 25.5. The average Bonchev–Trinajstić information content (AvgIpc) is 2.77. The van der Waals surface area contributed by atoms with E-state index in [0.29, 0.717) is 12.2 Å². The number of carbonyl (C=O) groups is 1. The largest absolute Gasteiger partial charge is 0.328 e. The number of pyridine rings is 1. The standard InChI is InChI=1S/C25H25N3O2/c1-15-20-10-9-19-23(17-8-11-22(30)26-14-17)27-16(2)28-24(19)25(20,13-12-21(15)29)18-6-4-3-5-7-18/h3-8,11,14-15,20H,9-10,12-13H2,1-2H3,(H,26,30)/t15-,20-,25+/m0/s1. The van der Waals surface area contributed by atoms with Crippen LogP contribution in [0.2, 0.25) is 0 Å². The predicted molar refractivity (Wildman–Crippen MR) is 115 cm³/mol. The molecule has 2 aliphatic carbocycles. The number of rotatable bonds is 2. The lowest BCUT2D eigenvalue weighted by molar-refractivity contribution is -0.128. The molecule has 5 heteroatoms. The first kappa shape index (κ1) is 18.9. The zero-order valence-electron chi connectivity index (χ0n) is 17.3. The molecule has 5 nitrogen and oxygen atoms in total. The van der Waals surface area contributed by atoms with Gasteiger partial charge in [0.15, 0.2) is 0 Å². The van der Waals surface area contributed by atoms with Crippen molar-refractivity contribution in [3.05, 3.63) is 81.7 Å². The van der Waals surface area contributed by atoms with Gasteiger partial charge < -0.3 is 4.98 Å². The Morgan fingerprint density at radius 1 is 1.03 bits per heavy atom. The van der Waals surface area contributed by atoms with Gasteiger partial charge in [-0.25, -0.2) is 9.97 Å². The van der Waals surface area contributed by atoms with Crippen LogP contribution >= 0.6 is 0 Å². The molecule has 3 aromatic rings. The van der Waals surface area contributed by atoms with Crippen LogP contribution in [0.1, 0.15) is 48.8 Å². The second-order valence-corrected chi connectivity index (χ2v) is 8.63. The summed E-state index contributed by atoms with van der Waals surface area (Å²) in [6.07, 6.45) is 4.85. The Balaban J connectivity index is 1.79. The Labute approximate surface area is 175 Å². The van der Waals surface area contributed by atoms with E-state index in [2.05, 4.69) is 36.2 Å². The number of aromatic amines is 1. The second-order valence-electron chi connectivity index (χ2n) is 8.63. The highest BCUT2D eigenvalue weighted by molar-refractivity contribution is 5.83. The third kappa shape index (κ3) is 2.76. The van der Waals surface area contributed by atoms with Crippen LogP contribution in [-0.2, 0) is 16.6 Å². The zero-order chi connectivity index (χ0) is 20.9. The first-order chi connectivity index (χ1) is 14.5. The minimum atomic E-state index is -0.285. The number of nitrogens with one attached hydrogen (secondary N) is 1. The van der Waals surface area contributed by atoms with Crippen LogP contribution < -0.4 is 5.56 Å². The second kappa shape index (κ2) is 7.01. The van der Waals surface area contributed by atoms with E-state index in [-0.39, 0.29) is 22.8 Å². The Morgan fingerprint density at radius 2 is 1.83 bits per heavy atom. The predicted octanol–water partition coefficient (Wildman–Crippen LogP) is 3.99. The van der Waals surface area contributed by atoms with Gasteiger partial charge in [-0.2, -0.15) is 0 Å². The molecule has 0 aliphatic heterocycles. The third-order valence-corrected chi connectivity index (χ3v) is 7.10. The maximum atomic E-state index is 12.7. The van der Waals surface area contributed by atoms with Gasteiger partial charge in [0.2, 0.25) is 5.56 Å². The van der Waals surface area contributed by atoms with E-state index in [4.69, 9.17) is 9.97 Å². The van der Waals surface area contributed by atoms with Gasteiger partial charge in [0, 0.05) is 41.1 Å². The van der Waals surface area contributed by atoms with E-state index in [0.717, 1.165) is 47.6 Å². The van der Waals surface area contributed by atoms with Crippen molar-refractivity contribution in [3.8, 4) is 11.3 Å². The number of ketones is 1. The maximum absolute atomic E-state index is 12.7. The Bertz CT molecular complexity index is 1160. The summed E-state index contributed by atoms with van der Waals surface area (Å²) in [7, 11) is 0. The van der Waals surface area contributed by atoms with Crippen LogP contribution in [0.4, 0.5) is 0 Å². The molecule has 152 valence electrons. The highest BCUT2D eigenvalue weighted by Crippen LogP contribution is 2.55. The topological polar surface area (TPSA) is 75.7 Å². The SMILES string of the molecule is Cc1nc(-c2ccc(=O)[nH]c2)c2c(n1)[C@@]1(c3ccccc3)CCC(=O)[C@@H](C)[C@@H]1CC2. The third-order valence-electron chi connectivity index (χ3n) is 7.10. The molecule has 0 amide bonds. The summed E-state index contributed by atoms with van der Waals surface area (Å²) in [5.74, 6) is 1.32. The molecular formula is C25H25N3O2. The monoisotopic (exact) mass is 399 g/mol. The number of hydrogen-bond acceptors (Lipinski definition) is 4. The Morgan fingerprint density at radius 3 is 2.57 bits per heavy atom. The summed E-state index contributed by atoms with van der Waals surface area (Å²) in [4.78, 5) is 36.8. The molecule has 30 heavy (non-hydrogen) atoms. The van der Waals surface area contributed by atoms with E-state index in [1.807, 2.05) is 19.1 Å². The Kier molecular flexibility index (Phi) is 4.42. The van der Waals surface area contributed by atoms with Gasteiger partial charge in [-0.15, -0.1) is 0 Å². The number of carbonyl (C=O) groups excluding carboxylic acids is 1. The number of aryl methyl sites for hydroxylation is 1. The van der Waals surface area contributed by atoms with E-state index in [1.54, 1.807) is 12.3 Å². The summed E-state index contributed by atoms with van der Waals surface area (Å²) in [6, 6.07) is 13.9. The molecule has 0 radical (unpaired) electrons. The highest BCUT2D eigenvalue weighted by Gasteiger charge is 2.53. The van der Waals surface area contributed by atoms with Crippen LogP contribution in [0.25, 0.3) is 11.3 Å². The number of benzene rings is 1. The number of hydrogen-bond donors (Lipinski definition) is 1. The van der Waals surface area contributed by atoms with Crippen LogP contribution in [0.15, 0.2) is 53.5 Å². The first-order valence-electron chi connectivity index (χ1n) is 10.7. The van der Waals surface area contributed by atoms with Crippen molar-refractivity contribution in [2.24, 2.45) is 11.8 Å². The molecule has 1 aromatic carbocycles. The number of Topliss-reactive ketones (excluding diaryl/α,β-unsaturated/α-hetero) is 1. The van der Waals surface area contributed by atoms with Gasteiger partial charge in [-0.3, -0.25) is 9.59 Å². The first-order valence-corrected chi connectivity index (χ1v) is 10.7. The summed E-state index contributed by atoms with van der Waals surface area (Å²) >= 11 is 0. The van der Waals surface area contributed by atoms with Crippen LogP contribution in [0.3, 0.4) is 0 Å². The molecule has 1 fully saturated rings. The molecule has 2 aliphatic rings. The van der Waals surface area contributed by atoms with E-state index < -0.39 is 0 Å². The highest BCUT2D eigenvalue weighted by atomic mass is 16.1. The number of H-pyrrole nitrogens is 1. The molecule has 1 saturated carbocycles. The van der Waals surface area contributed by atoms with Crippen molar-refractivity contribution in [1.29, 1.82) is 0 Å². The molecule has 3 atom stereocenters. The van der Waals surface area contributed by atoms with Crippen molar-refractivity contribution in [2.45, 2.75) is 44.9 Å². The summed E-state index contributed by atoms with van der Waals surface area (Å²) in [6.45, 7) is 4.01. The van der Waals surface area contributed by atoms with Crippen molar-refractivity contribution in [2.75, 3.05) is 0 Å². The minimum Gasteiger partial charge on any atom is -0.328 e. The lowest BCUT2D eigenvalue weighted by atomic mass is 9.52. The number of fused-ring (bicyclic) bond motifs is 3. The van der Waals surface area contributed by atoms with Crippen molar-refractivity contribution < 1.29 is 4.79 Å². The molecule has 0 unspecified atom stereocenters. The fourth-order valence-electron chi connectivity index (χ4n) is 5.70. The Hall–Kier alpha value is -3.08. The van der Waals surface area contributed by atoms with Crippen molar-refractivity contribution in [1.82, 2.24) is 15.0 Å². The van der Waals surface area contributed by atoms with Gasteiger partial charge in [0.1, 0.15) is 11.6 Å². The lowest BCUT2D eigenvalue weighted by Crippen LogP contribution is -2.50. The van der Waals surface area contributed by atoms with E-state index in [1.165, 1.54) is 5.56 Å². The molecule has 2 heterocycles. The fourth-order valence-corrected chi connectivity index (χ4v) is 5.70. The number of aromatic nitrogens is 3. The number of nitrogens with zero attached hydrogens (tertiary/aromatic N) is 2. The summed E-state index contributed by atoms with van der Waals surface area (Å²) < 4.78 is 0. The lowest BCUT2D eigenvalue weighted by Gasteiger charge is -2.50. The van der Waals surface area contributed by atoms with Crippen LogP contribution in [0, 0.1) is 18.8 Å². The molecule has 0 spiro atoms. The van der Waals surface area contributed by atoms with E-state index in [9.17, 15) is 9.59 Å².